The van der Waals surface area contributed by atoms with Crippen molar-refractivity contribution in [1.82, 2.24) is 5.32 Å². The fourth-order valence-electron chi connectivity index (χ4n) is 2.49. The maximum atomic E-state index is 5.83. The van der Waals surface area contributed by atoms with Crippen LogP contribution in [0.3, 0.4) is 0 Å². The van der Waals surface area contributed by atoms with Crippen LogP contribution in [-0.4, -0.2) is 26.4 Å². The maximum absolute atomic E-state index is 5.83. The molecular weight excluding hydrogens is 226 g/mol. The number of para-hydroxylation sites is 1. The van der Waals surface area contributed by atoms with Crippen LogP contribution in [0.2, 0.25) is 0 Å². The third-order valence-corrected chi connectivity index (χ3v) is 3.36. The summed E-state index contributed by atoms with van der Waals surface area (Å²) in [4.78, 5) is 0. The van der Waals surface area contributed by atoms with Gasteiger partial charge in [-0.25, -0.2) is 0 Å². The van der Waals surface area contributed by atoms with Crippen LogP contribution in [0.4, 0.5) is 0 Å². The van der Waals surface area contributed by atoms with E-state index in [2.05, 4.69) is 24.4 Å². The second-order valence-corrected chi connectivity index (χ2v) is 4.70. The van der Waals surface area contributed by atoms with E-state index in [9.17, 15) is 0 Å². The van der Waals surface area contributed by atoms with E-state index in [1.54, 1.807) is 0 Å². The molecule has 1 aromatic carbocycles. The van der Waals surface area contributed by atoms with Gasteiger partial charge in [-0.15, -0.1) is 0 Å². The van der Waals surface area contributed by atoms with Crippen molar-refractivity contribution < 1.29 is 9.47 Å². The van der Waals surface area contributed by atoms with Gasteiger partial charge < -0.3 is 14.8 Å². The van der Waals surface area contributed by atoms with E-state index in [1.165, 1.54) is 5.56 Å². The van der Waals surface area contributed by atoms with E-state index in [0.717, 1.165) is 38.2 Å². The Bertz CT molecular complexity index is 361. The molecular formula is C15H23NO2. The Morgan fingerprint density at radius 2 is 2.28 bits per heavy atom. The quantitative estimate of drug-likeness (QED) is 0.841. The zero-order valence-corrected chi connectivity index (χ0v) is 11.3. The minimum Gasteiger partial charge on any atom is -0.493 e. The molecule has 1 N–H and O–H groups in total. The van der Waals surface area contributed by atoms with Gasteiger partial charge in [0, 0.05) is 12.2 Å². The Labute approximate surface area is 109 Å². The van der Waals surface area contributed by atoms with Crippen LogP contribution in [0.25, 0.3) is 0 Å². The molecule has 1 aliphatic rings. The minimum absolute atomic E-state index is 0.223. The molecule has 2 atom stereocenters. The van der Waals surface area contributed by atoms with Crippen molar-refractivity contribution in [3.05, 3.63) is 29.8 Å². The van der Waals surface area contributed by atoms with Gasteiger partial charge in [0.05, 0.1) is 18.8 Å². The van der Waals surface area contributed by atoms with Gasteiger partial charge in [-0.1, -0.05) is 25.1 Å². The lowest BCUT2D eigenvalue weighted by Gasteiger charge is -2.25. The van der Waals surface area contributed by atoms with E-state index < -0.39 is 0 Å². The first kappa shape index (κ1) is 13.4. The number of hydrogen-bond donors (Lipinski definition) is 1. The smallest absolute Gasteiger partial charge is 0.124 e. The molecule has 18 heavy (non-hydrogen) atoms. The molecule has 0 aliphatic carbocycles. The highest BCUT2D eigenvalue weighted by molar-refractivity contribution is 5.36. The lowest BCUT2D eigenvalue weighted by molar-refractivity contribution is 0.0797. The predicted octanol–water partition coefficient (Wildman–Crippen LogP) is 2.91. The monoisotopic (exact) mass is 249 g/mol. The molecule has 0 aromatic heterocycles. The molecule has 0 radical (unpaired) electrons. The highest BCUT2D eigenvalue weighted by atomic mass is 16.5. The Hall–Kier alpha value is -1.06. The van der Waals surface area contributed by atoms with Crippen LogP contribution in [0, 0.1) is 0 Å². The lowest BCUT2D eigenvalue weighted by atomic mass is 9.98. The molecule has 100 valence electrons. The fourth-order valence-corrected chi connectivity index (χ4v) is 2.49. The summed E-state index contributed by atoms with van der Waals surface area (Å²) in [6.45, 7) is 3.76. The Balaban J connectivity index is 2.17. The van der Waals surface area contributed by atoms with Crippen molar-refractivity contribution in [2.75, 3.05) is 20.3 Å². The summed E-state index contributed by atoms with van der Waals surface area (Å²) < 4.78 is 11.6. The van der Waals surface area contributed by atoms with Crippen LogP contribution < -0.4 is 10.1 Å². The second-order valence-electron chi connectivity index (χ2n) is 4.70. The molecule has 0 amide bonds. The first-order chi connectivity index (χ1) is 8.86. The molecule has 3 nitrogen and oxygen atoms in total. The molecule has 1 heterocycles. The van der Waals surface area contributed by atoms with Crippen LogP contribution in [-0.2, 0) is 4.74 Å². The van der Waals surface area contributed by atoms with Crippen molar-refractivity contribution in [3.8, 4) is 5.75 Å². The van der Waals surface area contributed by atoms with Gasteiger partial charge in [-0.05, 0) is 32.4 Å². The molecule has 1 fully saturated rings. The molecule has 0 spiro atoms. The van der Waals surface area contributed by atoms with Crippen molar-refractivity contribution in [2.45, 2.75) is 38.3 Å². The first-order valence-electron chi connectivity index (χ1n) is 6.87. The van der Waals surface area contributed by atoms with Crippen molar-refractivity contribution >= 4 is 0 Å². The van der Waals surface area contributed by atoms with Crippen LogP contribution in [0.5, 0.6) is 5.75 Å². The average molecular weight is 249 g/mol. The molecule has 3 heteroatoms. The van der Waals surface area contributed by atoms with Crippen LogP contribution in [0.15, 0.2) is 24.3 Å². The Morgan fingerprint density at radius 3 is 2.94 bits per heavy atom. The van der Waals surface area contributed by atoms with Gasteiger partial charge in [0.15, 0.2) is 0 Å². The predicted molar refractivity (Wildman–Crippen MR) is 73.0 cm³/mol. The first-order valence-corrected chi connectivity index (χ1v) is 6.87. The summed E-state index contributed by atoms with van der Waals surface area (Å²) >= 11 is 0. The minimum atomic E-state index is 0.223. The number of benzene rings is 1. The van der Waals surface area contributed by atoms with Crippen molar-refractivity contribution in [1.29, 1.82) is 0 Å². The summed E-state index contributed by atoms with van der Waals surface area (Å²) in [6, 6.07) is 8.49. The summed E-state index contributed by atoms with van der Waals surface area (Å²) in [5.74, 6) is 0.981. The van der Waals surface area contributed by atoms with Gasteiger partial charge in [-0.2, -0.15) is 0 Å². The molecule has 2 unspecified atom stereocenters. The topological polar surface area (TPSA) is 30.5 Å². The van der Waals surface area contributed by atoms with E-state index in [0.29, 0.717) is 0 Å². The largest absolute Gasteiger partial charge is 0.493 e. The van der Waals surface area contributed by atoms with Gasteiger partial charge in [0.1, 0.15) is 5.75 Å². The summed E-state index contributed by atoms with van der Waals surface area (Å²) in [5.41, 5.74) is 1.21. The van der Waals surface area contributed by atoms with Gasteiger partial charge >= 0.3 is 0 Å². The van der Waals surface area contributed by atoms with Crippen LogP contribution >= 0.6 is 0 Å². The molecule has 0 bridgehead atoms. The Morgan fingerprint density at radius 1 is 1.44 bits per heavy atom. The number of rotatable bonds is 6. The molecule has 2 rings (SSSR count). The highest BCUT2D eigenvalue weighted by Gasteiger charge is 2.27. The van der Waals surface area contributed by atoms with E-state index in [1.807, 2.05) is 19.2 Å². The second kappa shape index (κ2) is 6.76. The molecule has 0 saturated carbocycles. The fraction of sp³-hybridized carbons (Fsp3) is 0.600. The Kier molecular flexibility index (Phi) is 5.02. The molecule has 1 aliphatic heterocycles. The molecule has 1 saturated heterocycles. The summed E-state index contributed by atoms with van der Waals surface area (Å²) in [6.07, 6.45) is 3.56. The SMILES string of the molecule is CCCOc1ccccc1C(NC)C1CCCO1. The number of hydrogen-bond acceptors (Lipinski definition) is 3. The van der Waals surface area contributed by atoms with Gasteiger partial charge in [-0.3, -0.25) is 0 Å². The standard InChI is InChI=1S/C15H23NO2/c1-3-10-17-13-8-5-4-7-12(13)15(16-2)14-9-6-11-18-14/h4-5,7-8,14-16H,3,6,9-11H2,1-2H3. The zero-order chi connectivity index (χ0) is 12.8. The van der Waals surface area contributed by atoms with E-state index in [4.69, 9.17) is 9.47 Å². The highest BCUT2D eigenvalue weighted by Crippen LogP contribution is 2.32. The van der Waals surface area contributed by atoms with Gasteiger partial charge in [0.2, 0.25) is 0 Å². The number of likely N-dealkylation sites (N-methyl/N-ethyl adjacent to an activating group) is 1. The average Bonchev–Trinajstić information content (AvgIpc) is 2.92. The lowest BCUT2D eigenvalue weighted by Crippen LogP contribution is -2.29. The van der Waals surface area contributed by atoms with Crippen LogP contribution in [0.1, 0.15) is 37.8 Å². The van der Waals surface area contributed by atoms with E-state index in [-0.39, 0.29) is 12.1 Å². The van der Waals surface area contributed by atoms with Crippen molar-refractivity contribution in [3.63, 3.8) is 0 Å². The summed E-state index contributed by atoms with van der Waals surface area (Å²) in [7, 11) is 1.99. The normalized spacial score (nSPS) is 20.9. The third-order valence-electron chi connectivity index (χ3n) is 3.36. The maximum Gasteiger partial charge on any atom is 0.124 e. The van der Waals surface area contributed by atoms with Crippen molar-refractivity contribution in [2.24, 2.45) is 0 Å². The summed E-state index contributed by atoms with van der Waals surface area (Å²) in [5, 5.41) is 3.37. The zero-order valence-electron chi connectivity index (χ0n) is 11.3. The van der Waals surface area contributed by atoms with Gasteiger partial charge in [0.25, 0.3) is 0 Å². The van der Waals surface area contributed by atoms with E-state index >= 15 is 0 Å². The number of nitrogens with one attached hydrogen (secondary N) is 1. The molecule has 1 aromatic rings. The third kappa shape index (κ3) is 3.03. The number of ether oxygens (including phenoxy) is 2.